The molecule has 1 saturated heterocycles. The van der Waals surface area contributed by atoms with Gasteiger partial charge in [-0.05, 0) is 44.7 Å². The molecular formula is C17H26N2O2. The number of aryl methyl sites for hydroxylation is 1. The first kappa shape index (κ1) is 15.8. The molecule has 4 heteroatoms. The van der Waals surface area contributed by atoms with Gasteiger partial charge in [0, 0.05) is 32.4 Å². The third-order valence-corrected chi connectivity index (χ3v) is 3.91. The molecule has 0 radical (unpaired) electrons. The lowest BCUT2D eigenvalue weighted by Crippen LogP contribution is -2.35. The predicted molar refractivity (Wildman–Crippen MR) is 85.8 cm³/mol. The number of carbonyl (C=O) groups is 1. The molecule has 1 aromatic carbocycles. The Morgan fingerprint density at radius 2 is 2.29 bits per heavy atom. The van der Waals surface area contributed by atoms with Crippen molar-refractivity contribution in [2.45, 2.75) is 26.7 Å². The van der Waals surface area contributed by atoms with Crippen molar-refractivity contribution in [2.75, 3.05) is 38.7 Å². The number of amides is 1. The van der Waals surface area contributed by atoms with Crippen LogP contribution in [0.25, 0.3) is 0 Å². The van der Waals surface area contributed by atoms with Gasteiger partial charge < -0.3 is 15.0 Å². The number of nitrogens with zero attached hydrogens (tertiary/aromatic N) is 1. The molecular weight excluding hydrogens is 264 g/mol. The lowest BCUT2D eigenvalue weighted by molar-refractivity contribution is 0.0389. The molecule has 1 atom stereocenters. The maximum absolute atomic E-state index is 12.7. The van der Waals surface area contributed by atoms with E-state index in [-0.39, 0.29) is 5.91 Å². The molecule has 0 bridgehead atoms. The third kappa shape index (κ3) is 4.21. The summed E-state index contributed by atoms with van der Waals surface area (Å²) in [6.45, 7) is 7.25. The Morgan fingerprint density at radius 3 is 2.95 bits per heavy atom. The van der Waals surface area contributed by atoms with E-state index in [0.717, 1.165) is 56.0 Å². The van der Waals surface area contributed by atoms with Crippen LogP contribution in [0.4, 0.5) is 5.69 Å². The summed E-state index contributed by atoms with van der Waals surface area (Å²) < 4.78 is 5.50. The quantitative estimate of drug-likeness (QED) is 0.906. The molecule has 1 heterocycles. The highest BCUT2D eigenvalue weighted by atomic mass is 16.5. The second-order valence-electron chi connectivity index (χ2n) is 5.85. The summed E-state index contributed by atoms with van der Waals surface area (Å²) in [6.07, 6.45) is 2.24. The molecule has 1 aromatic rings. The highest BCUT2D eigenvalue weighted by molar-refractivity contribution is 5.99. The van der Waals surface area contributed by atoms with Crippen molar-refractivity contribution in [1.29, 1.82) is 0 Å². The lowest BCUT2D eigenvalue weighted by atomic mass is 10.0. The van der Waals surface area contributed by atoms with E-state index in [2.05, 4.69) is 5.32 Å². The lowest BCUT2D eigenvalue weighted by Gasteiger charge is -2.27. The maximum Gasteiger partial charge on any atom is 0.255 e. The zero-order chi connectivity index (χ0) is 15.2. The Bertz CT molecular complexity index is 482. The van der Waals surface area contributed by atoms with Crippen molar-refractivity contribution in [3.63, 3.8) is 0 Å². The van der Waals surface area contributed by atoms with Crippen LogP contribution in [-0.2, 0) is 4.74 Å². The van der Waals surface area contributed by atoms with E-state index in [1.807, 2.05) is 44.0 Å². The Kier molecular flexibility index (Phi) is 5.62. The van der Waals surface area contributed by atoms with Crippen LogP contribution < -0.4 is 5.32 Å². The van der Waals surface area contributed by atoms with Crippen LogP contribution in [0.3, 0.4) is 0 Å². The Labute approximate surface area is 127 Å². The summed E-state index contributed by atoms with van der Waals surface area (Å²) in [5.74, 6) is 0.542. The molecule has 0 aromatic heterocycles. The smallest absolute Gasteiger partial charge is 0.255 e. The second-order valence-corrected chi connectivity index (χ2v) is 5.85. The van der Waals surface area contributed by atoms with Crippen molar-refractivity contribution < 1.29 is 9.53 Å². The van der Waals surface area contributed by atoms with E-state index in [9.17, 15) is 4.79 Å². The van der Waals surface area contributed by atoms with Gasteiger partial charge in [0.15, 0.2) is 0 Å². The summed E-state index contributed by atoms with van der Waals surface area (Å²) in [5, 5.41) is 3.27. The van der Waals surface area contributed by atoms with Crippen LogP contribution in [0.5, 0.6) is 0 Å². The first-order valence-electron chi connectivity index (χ1n) is 7.79. The maximum atomic E-state index is 12.7. The summed E-state index contributed by atoms with van der Waals surface area (Å²) >= 11 is 0. The number of hydrogen-bond acceptors (Lipinski definition) is 3. The second kappa shape index (κ2) is 7.46. The number of hydrogen-bond donors (Lipinski definition) is 1. The van der Waals surface area contributed by atoms with Crippen molar-refractivity contribution in [1.82, 2.24) is 4.90 Å². The molecule has 21 heavy (non-hydrogen) atoms. The molecule has 4 nitrogen and oxygen atoms in total. The van der Waals surface area contributed by atoms with Crippen LogP contribution >= 0.6 is 0 Å². The van der Waals surface area contributed by atoms with E-state index in [0.29, 0.717) is 5.92 Å². The first-order valence-corrected chi connectivity index (χ1v) is 7.79. The Balaban J connectivity index is 2.08. The number of carbonyl (C=O) groups excluding carboxylic acids is 1. The zero-order valence-corrected chi connectivity index (χ0v) is 13.3. The van der Waals surface area contributed by atoms with E-state index in [1.54, 1.807) is 0 Å². The van der Waals surface area contributed by atoms with Crippen LogP contribution in [0, 0.1) is 12.8 Å². The number of benzene rings is 1. The van der Waals surface area contributed by atoms with Gasteiger partial charge in [0.2, 0.25) is 0 Å². The summed E-state index contributed by atoms with van der Waals surface area (Å²) in [4.78, 5) is 14.5. The SMILES string of the molecule is CCNc1ccc(C)cc1C(=O)N(C)CC1CCCOC1. The van der Waals surface area contributed by atoms with Crippen molar-refractivity contribution >= 4 is 11.6 Å². The molecule has 1 fully saturated rings. The van der Waals surface area contributed by atoms with Crippen molar-refractivity contribution in [3.8, 4) is 0 Å². The molecule has 1 aliphatic rings. The van der Waals surface area contributed by atoms with Gasteiger partial charge in [-0.25, -0.2) is 0 Å². The fraction of sp³-hybridized carbons (Fsp3) is 0.588. The molecule has 2 rings (SSSR count). The van der Waals surface area contributed by atoms with Crippen molar-refractivity contribution in [2.24, 2.45) is 5.92 Å². The highest BCUT2D eigenvalue weighted by Gasteiger charge is 2.21. The highest BCUT2D eigenvalue weighted by Crippen LogP contribution is 2.21. The molecule has 0 aliphatic carbocycles. The van der Waals surface area contributed by atoms with Crippen LogP contribution in [0.15, 0.2) is 18.2 Å². The van der Waals surface area contributed by atoms with Gasteiger partial charge in [-0.1, -0.05) is 11.6 Å². The average molecular weight is 290 g/mol. The van der Waals surface area contributed by atoms with Crippen LogP contribution in [-0.4, -0.2) is 44.2 Å². The number of rotatable bonds is 5. The average Bonchev–Trinajstić information content (AvgIpc) is 2.49. The van der Waals surface area contributed by atoms with Gasteiger partial charge in [0.05, 0.1) is 12.2 Å². The Morgan fingerprint density at radius 1 is 1.48 bits per heavy atom. The minimum atomic E-state index is 0.0835. The van der Waals surface area contributed by atoms with Gasteiger partial charge in [-0.15, -0.1) is 0 Å². The van der Waals surface area contributed by atoms with E-state index in [4.69, 9.17) is 4.74 Å². The topological polar surface area (TPSA) is 41.6 Å². The van der Waals surface area contributed by atoms with E-state index in [1.165, 1.54) is 0 Å². The fourth-order valence-electron chi connectivity index (χ4n) is 2.81. The number of ether oxygens (including phenoxy) is 1. The minimum absolute atomic E-state index is 0.0835. The molecule has 1 amide bonds. The molecule has 1 aliphatic heterocycles. The molecule has 1 N–H and O–H groups in total. The molecule has 116 valence electrons. The van der Waals surface area contributed by atoms with Gasteiger partial charge in [0.25, 0.3) is 5.91 Å². The summed E-state index contributed by atoms with van der Waals surface area (Å²) in [5.41, 5.74) is 2.78. The van der Waals surface area contributed by atoms with Gasteiger partial charge in [0.1, 0.15) is 0 Å². The minimum Gasteiger partial charge on any atom is -0.385 e. The van der Waals surface area contributed by atoms with Crippen LogP contribution in [0.1, 0.15) is 35.7 Å². The summed E-state index contributed by atoms with van der Waals surface area (Å²) in [6, 6.07) is 5.99. The summed E-state index contributed by atoms with van der Waals surface area (Å²) in [7, 11) is 1.88. The molecule has 1 unspecified atom stereocenters. The standard InChI is InChI=1S/C17H26N2O2/c1-4-18-16-8-7-13(2)10-15(16)17(20)19(3)11-14-6-5-9-21-12-14/h7-8,10,14,18H,4-6,9,11-12H2,1-3H3. The van der Waals surface area contributed by atoms with E-state index >= 15 is 0 Å². The van der Waals surface area contributed by atoms with E-state index < -0.39 is 0 Å². The van der Waals surface area contributed by atoms with Gasteiger partial charge in [-0.2, -0.15) is 0 Å². The fourth-order valence-corrected chi connectivity index (χ4v) is 2.81. The van der Waals surface area contributed by atoms with Gasteiger partial charge >= 0.3 is 0 Å². The molecule has 0 saturated carbocycles. The third-order valence-electron chi connectivity index (χ3n) is 3.91. The Hall–Kier alpha value is -1.55. The number of nitrogens with one attached hydrogen (secondary N) is 1. The monoisotopic (exact) mass is 290 g/mol. The van der Waals surface area contributed by atoms with Crippen molar-refractivity contribution in [3.05, 3.63) is 29.3 Å². The predicted octanol–water partition coefficient (Wildman–Crippen LogP) is 2.93. The molecule has 0 spiro atoms. The normalized spacial score (nSPS) is 18.3. The largest absolute Gasteiger partial charge is 0.385 e. The zero-order valence-electron chi connectivity index (χ0n) is 13.3. The van der Waals surface area contributed by atoms with Gasteiger partial charge in [-0.3, -0.25) is 4.79 Å². The first-order chi connectivity index (χ1) is 10.1. The van der Waals surface area contributed by atoms with Crippen LogP contribution in [0.2, 0.25) is 0 Å². The number of anilines is 1.